The summed E-state index contributed by atoms with van der Waals surface area (Å²) in [5.74, 6) is -0.111. The Labute approximate surface area is 148 Å². The van der Waals surface area contributed by atoms with Gasteiger partial charge in [-0.1, -0.05) is 12.1 Å². The van der Waals surface area contributed by atoms with Crippen LogP contribution in [0.5, 0.6) is 5.75 Å². The van der Waals surface area contributed by atoms with Crippen LogP contribution in [0.4, 0.5) is 13.2 Å². The number of nitrogens with one attached hydrogen (secondary N) is 1. The Hall–Kier alpha value is -0.210. The van der Waals surface area contributed by atoms with E-state index in [-0.39, 0.29) is 30.6 Å². The highest BCUT2D eigenvalue weighted by atomic mass is 79.9. The average molecular weight is 426 g/mol. The van der Waals surface area contributed by atoms with Crippen molar-refractivity contribution in [3.05, 3.63) is 28.2 Å². The van der Waals surface area contributed by atoms with E-state index in [1.807, 2.05) is 0 Å². The summed E-state index contributed by atoms with van der Waals surface area (Å²) < 4.78 is 38.9. The molecule has 9 heteroatoms. The molecule has 128 valence electrons. The summed E-state index contributed by atoms with van der Waals surface area (Å²) in [6.07, 6.45) is -5.23. The van der Waals surface area contributed by atoms with Crippen LogP contribution < -0.4 is 5.32 Å². The van der Waals surface area contributed by atoms with E-state index in [2.05, 4.69) is 21.2 Å². The number of hydrogen-bond acceptors (Lipinski definition) is 3. The van der Waals surface area contributed by atoms with Crippen molar-refractivity contribution in [2.75, 3.05) is 26.2 Å². The van der Waals surface area contributed by atoms with Gasteiger partial charge in [0.05, 0.1) is 10.9 Å². The highest BCUT2D eigenvalue weighted by Crippen LogP contribution is 2.40. The lowest BCUT2D eigenvalue weighted by atomic mass is 10.00. The molecule has 0 amide bonds. The molecule has 22 heavy (non-hydrogen) atoms. The van der Waals surface area contributed by atoms with E-state index in [1.165, 1.54) is 0 Å². The minimum Gasteiger partial charge on any atom is -0.506 e. The minimum atomic E-state index is -4.27. The van der Waals surface area contributed by atoms with Gasteiger partial charge >= 0.3 is 6.18 Å². The molecule has 2 rings (SSSR count). The number of alkyl halides is 3. The monoisotopic (exact) mass is 424 g/mol. The van der Waals surface area contributed by atoms with Gasteiger partial charge in [-0.2, -0.15) is 13.2 Å². The summed E-state index contributed by atoms with van der Waals surface area (Å²) in [5.41, 5.74) is 0.318. The van der Waals surface area contributed by atoms with Crippen molar-refractivity contribution in [2.45, 2.75) is 18.6 Å². The zero-order chi connectivity index (χ0) is 14.8. The van der Waals surface area contributed by atoms with E-state index in [9.17, 15) is 18.3 Å². The molecule has 1 saturated heterocycles. The summed E-state index contributed by atoms with van der Waals surface area (Å²) in [5, 5.41) is 13.2. The molecule has 0 radical (unpaired) electrons. The van der Waals surface area contributed by atoms with Crippen LogP contribution in [0.25, 0.3) is 0 Å². The highest BCUT2D eigenvalue weighted by molar-refractivity contribution is 9.10. The first kappa shape index (κ1) is 21.8. The fourth-order valence-electron chi connectivity index (χ4n) is 2.45. The number of rotatable bonds is 3. The number of phenolic OH excluding ortho intramolecular Hbond substituents is 1. The number of halogens is 6. The predicted molar refractivity (Wildman–Crippen MR) is 88.2 cm³/mol. The fourth-order valence-corrected chi connectivity index (χ4v) is 2.83. The summed E-state index contributed by atoms with van der Waals surface area (Å²) in [4.78, 5) is 1.77. The van der Waals surface area contributed by atoms with Crippen molar-refractivity contribution in [3.8, 4) is 5.75 Å². The summed E-state index contributed by atoms with van der Waals surface area (Å²) in [6, 6.07) is 3.96. The Morgan fingerprint density at radius 3 is 2.36 bits per heavy atom. The quantitative estimate of drug-likeness (QED) is 0.770. The van der Waals surface area contributed by atoms with Crippen LogP contribution >= 0.6 is 40.7 Å². The molecule has 1 heterocycles. The molecular formula is C13H18BrCl2F3N2O. The van der Waals surface area contributed by atoms with Gasteiger partial charge in [-0.15, -0.1) is 24.8 Å². The van der Waals surface area contributed by atoms with Gasteiger partial charge in [0.1, 0.15) is 5.75 Å². The van der Waals surface area contributed by atoms with Gasteiger partial charge < -0.3 is 10.4 Å². The van der Waals surface area contributed by atoms with Crippen LogP contribution in [-0.2, 0) is 0 Å². The molecule has 1 fully saturated rings. The van der Waals surface area contributed by atoms with Crippen molar-refractivity contribution in [3.63, 3.8) is 0 Å². The van der Waals surface area contributed by atoms with E-state index in [4.69, 9.17) is 0 Å². The molecule has 1 aromatic carbocycles. The number of para-hydroxylation sites is 1. The summed E-state index contributed by atoms with van der Waals surface area (Å²) >= 11 is 3.16. The Morgan fingerprint density at radius 1 is 1.23 bits per heavy atom. The zero-order valence-corrected chi connectivity index (χ0v) is 14.8. The maximum atomic E-state index is 12.8. The second-order valence-corrected chi connectivity index (χ2v) is 5.65. The van der Waals surface area contributed by atoms with Crippen LogP contribution in [0, 0.1) is 0 Å². The van der Waals surface area contributed by atoms with E-state index in [0.29, 0.717) is 36.2 Å². The average Bonchev–Trinajstić information content (AvgIpc) is 2.40. The Kier molecular flexibility index (Phi) is 9.09. The molecule has 1 aliphatic heterocycles. The molecule has 0 bridgehead atoms. The van der Waals surface area contributed by atoms with Crippen molar-refractivity contribution < 1.29 is 18.3 Å². The number of piperazine rings is 1. The second kappa shape index (κ2) is 9.17. The molecule has 0 aliphatic carbocycles. The molecular weight excluding hydrogens is 408 g/mol. The van der Waals surface area contributed by atoms with Gasteiger partial charge in [0.25, 0.3) is 0 Å². The lowest BCUT2D eigenvalue weighted by molar-refractivity contribution is -0.148. The molecule has 3 nitrogen and oxygen atoms in total. The molecule has 0 aromatic heterocycles. The highest BCUT2D eigenvalue weighted by Gasteiger charge is 2.37. The minimum absolute atomic E-state index is 0. The molecule has 1 aliphatic rings. The Balaban J connectivity index is 0.00000220. The standard InChI is InChI=1S/C13H16BrF3N2O.2ClH/c14-10-3-1-2-9(12(10)20)11(8-13(15,16)17)19-6-4-18-5-7-19;;/h1-3,11,18,20H,4-8H2;2*1H/t11-;;/m0../s1. The smallest absolute Gasteiger partial charge is 0.390 e. The van der Waals surface area contributed by atoms with E-state index < -0.39 is 18.6 Å². The first-order valence-corrected chi connectivity index (χ1v) is 7.16. The van der Waals surface area contributed by atoms with Crippen molar-refractivity contribution >= 4 is 40.7 Å². The maximum Gasteiger partial charge on any atom is 0.390 e. The van der Waals surface area contributed by atoms with Crippen molar-refractivity contribution in [2.24, 2.45) is 0 Å². The number of hydrogen-bond donors (Lipinski definition) is 2. The Bertz CT molecular complexity index is 471. The lowest BCUT2D eigenvalue weighted by Gasteiger charge is -2.36. The van der Waals surface area contributed by atoms with Crippen molar-refractivity contribution in [1.29, 1.82) is 0 Å². The number of phenols is 1. The first-order valence-electron chi connectivity index (χ1n) is 6.37. The van der Waals surface area contributed by atoms with E-state index in [0.717, 1.165) is 0 Å². The lowest BCUT2D eigenvalue weighted by Crippen LogP contribution is -2.46. The van der Waals surface area contributed by atoms with E-state index >= 15 is 0 Å². The maximum absolute atomic E-state index is 12.8. The SMILES string of the molecule is Cl.Cl.Oc1c(Br)cccc1[C@H](CC(F)(F)F)N1CCNCC1. The second-order valence-electron chi connectivity index (χ2n) is 4.80. The zero-order valence-electron chi connectivity index (χ0n) is 11.6. The van der Waals surface area contributed by atoms with Gasteiger partial charge in [-0.05, 0) is 22.0 Å². The van der Waals surface area contributed by atoms with Gasteiger partial charge in [0.15, 0.2) is 0 Å². The normalized spacial score (nSPS) is 17.3. The van der Waals surface area contributed by atoms with Crippen LogP contribution in [0.3, 0.4) is 0 Å². The summed E-state index contributed by atoms with van der Waals surface area (Å²) in [6.45, 7) is 2.38. The summed E-state index contributed by atoms with van der Waals surface area (Å²) in [7, 11) is 0. The third kappa shape index (κ3) is 5.77. The van der Waals surface area contributed by atoms with Crippen LogP contribution in [0.2, 0.25) is 0 Å². The van der Waals surface area contributed by atoms with Gasteiger partial charge in [0.2, 0.25) is 0 Å². The van der Waals surface area contributed by atoms with Crippen molar-refractivity contribution in [1.82, 2.24) is 10.2 Å². The van der Waals surface area contributed by atoms with Gasteiger partial charge in [0, 0.05) is 37.8 Å². The molecule has 1 aromatic rings. The molecule has 1 atom stereocenters. The van der Waals surface area contributed by atoms with Crippen LogP contribution in [-0.4, -0.2) is 42.4 Å². The molecule has 0 unspecified atom stereocenters. The third-order valence-electron chi connectivity index (χ3n) is 3.39. The molecule has 2 N–H and O–H groups in total. The first-order chi connectivity index (χ1) is 9.38. The van der Waals surface area contributed by atoms with Gasteiger partial charge in [-0.25, -0.2) is 0 Å². The van der Waals surface area contributed by atoms with Crippen LogP contribution in [0.1, 0.15) is 18.0 Å². The Morgan fingerprint density at radius 2 is 1.82 bits per heavy atom. The molecule has 0 spiro atoms. The molecule has 0 saturated carbocycles. The third-order valence-corrected chi connectivity index (χ3v) is 4.03. The predicted octanol–water partition coefficient (Wildman–Crippen LogP) is 3.90. The number of benzene rings is 1. The largest absolute Gasteiger partial charge is 0.506 e. The van der Waals surface area contributed by atoms with E-state index in [1.54, 1.807) is 23.1 Å². The fraction of sp³-hybridized carbons (Fsp3) is 0.538. The number of aromatic hydroxyl groups is 1. The van der Waals surface area contributed by atoms with Gasteiger partial charge in [-0.3, -0.25) is 4.90 Å². The number of nitrogens with zero attached hydrogens (tertiary/aromatic N) is 1. The van der Waals surface area contributed by atoms with Crippen LogP contribution in [0.15, 0.2) is 22.7 Å². The topological polar surface area (TPSA) is 35.5 Å².